The molecule has 5 nitrogen and oxygen atoms in total. The predicted octanol–water partition coefficient (Wildman–Crippen LogP) is 2.36. The average Bonchev–Trinajstić information content (AvgIpc) is 2.39. The van der Waals surface area contributed by atoms with Crippen molar-refractivity contribution >= 4 is 27.6 Å². The number of sulfonamides is 1. The highest BCUT2D eigenvalue weighted by Crippen LogP contribution is 2.35. The number of carbonyl (C=O) groups is 1. The normalized spacial score (nSPS) is 24.5. The molecule has 1 heterocycles. The van der Waals surface area contributed by atoms with E-state index in [1.807, 2.05) is 0 Å². The second-order valence-corrected chi connectivity index (χ2v) is 7.28. The zero-order valence-electron chi connectivity index (χ0n) is 11.0. The Morgan fingerprint density at radius 2 is 2.00 bits per heavy atom. The Kier molecular flexibility index (Phi) is 4.09. The van der Waals surface area contributed by atoms with Crippen LogP contribution in [0.4, 0.5) is 0 Å². The average molecular weight is 318 g/mol. The van der Waals surface area contributed by atoms with Crippen LogP contribution < -0.4 is 0 Å². The number of nitrogens with zero attached hydrogens (tertiary/aromatic N) is 1. The van der Waals surface area contributed by atoms with Gasteiger partial charge in [-0.3, -0.25) is 4.79 Å². The molecule has 0 saturated carbocycles. The van der Waals surface area contributed by atoms with Crippen molar-refractivity contribution in [3.8, 4) is 0 Å². The molecule has 1 aliphatic rings. The number of aliphatic carboxylic acids is 1. The number of hydrogen-bond acceptors (Lipinski definition) is 3. The van der Waals surface area contributed by atoms with Crippen molar-refractivity contribution in [1.82, 2.24) is 4.31 Å². The van der Waals surface area contributed by atoms with Crippen LogP contribution in [0.1, 0.15) is 26.2 Å². The summed E-state index contributed by atoms with van der Waals surface area (Å²) in [5.74, 6) is -1.13. The molecule has 2 rings (SSSR count). The van der Waals surface area contributed by atoms with Gasteiger partial charge in [0, 0.05) is 6.54 Å². The lowest BCUT2D eigenvalue weighted by molar-refractivity contribution is -0.149. The first-order valence-electron chi connectivity index (χ1n) is 6.31. The summed E-state index contributed by atoms with van der Waals surface area (Å²) >= 11 is 5.95. The van der Waals surface area contributed by atoms with Gasteiger partial charge in [-0.25, -0.2) is 8.42 Å². The minimum absolute atomic E-state index is 0.0453. The van der Waals surface area contributed by atoms with Crippen molar-refractivity contribution in [3.63, 3.8) is 0 Å². The van der Waals surface area contributed by atoms with Gasteiger partial charge in [-0.05, 0) is 38.3 Å². The van der Waals surface area contributed by atoms with Gasteiger partial charge in [0.1, 0.15) is 10.4 Å². The van der Waals surface area contributed by atoms with E-state index in [2.05, 4.69) is 0 Å². The fourth-order valence-electron chi connectivity index (χ4n) is 2.47. The van der Waals surface area contributed by atoms with E-state index in [0.29, 0.717) is 19.3 Å². The van der Waals surface area contributed by atoms with Crippen molar-refractivity contribution in [1.29, 1.82) is 0 Å². The number of hydrogen-bond donors (Lipinski definition) is 1. The quantitative estimate of drug-likeness (QED) is 0.928. The molecule has 0 bridgehead atoms. The van der Waals surface area contributed by atoms with Gasteiger partial charge in [-0.1, -0.05) is 23.7 Å². The molecule has 1 unspecified atom stereocenters. The number of piperidine rings is 1. The molecule has 0 aliphatic carbocycles. The molecular weight excluding hydrogens is 302 g/mol. The second kappa shape index (κ2) is 5.35. The lowest BCUT2D eigenvalue weighted by Crippen LogP contribution is -2.57. The monoisotopic (exact) mass is 317 g/mol. The van der Waals surface area contributed by atoms with Crippen LogP contribution in [0, 0.1) is 0 Å². The molecule has 0 spiro atoms. The topological polar surface area (TPSA) is 74.7 Å². The third-order valence-electron chi connectivity index (χ3n) is 3.69. The standard InChI is InChI=1S/C13H16ClNO4S/c1-13(12(16)17)8-4-5-9-15(13)20(18,19)11-7-3-2-6-10(11)14/h2-3,6-7H,4-5,8-9H2,1H3,(H,16,17). The number of benzene rings is 1. The van der Waals surface area contributed by atoms with Gasteiger partial charge in [-0.2, -0.15) is 4.31 Å². The minimum Gasteiger partial charge on any atom is -0.480 e. The van der Waals surface area contributed by atoms with Gasteiger partial charge in [0.15, 0.2) is 0 Å². The fourth-order valence-corrected chi connectivity index (χ4v) is 4.77. The largest absolute Gasteiger partial charge is 0.480 e. The maximum absolute atomic E-state index is 12.7. The number of rotatable bonds is 3. The van der Waals surface area contributed by atoms with Crippen LogP contribution in [0.15, 0.2) is 29.2 Å². The smallest absolute Gasteiger partial charge is 0.324 e. The second-order valence-electron chi connectivity index (χ2n) is 5.04. The van der Waals surface area contributed by atoms with Gasteiger partial charge in [0.2, 0.25) is 10.0 Å². The van der Waals surface area contributed by atoms with Gasteiger partial charge < -0.3 is 5.11 Å². The zero-order valence-corrected chi connectivity index (χ0v) is 12.6. The Morgan fingerprint density at radius 1 is 1.35 bits per heavy atom. The maximum atomic E-state index is 12.7. The first kappa shape index (κ1) is 15.3. The molecule has 1 N–H and O–H groups in total. The molecule has 1 aromatic carbocycles. The summed E-state index contributed by atoms with van der Waals surface area (Å²) in [4.78, 5) is 11.5. The van der Waals surface area contributed by atoms with E-state index in [0.717, 1.165) is 4.31 Å². The molecule has 1 aromatic rings. The van der Waals surface area contributed by atoms with Crippen LogP contribution in [0.5, 0.6) is 0 Å². The molecule has 1 atom stereocenters. The molecule has 1 aliphatic heterocycles. The molecule has 1 fully saturated rings. The maximum Gasteiger partial charge on any atom is 0.324 e. The number of halogens is 1. The lowest BCUT2D eigenvalue weighted by atomic mass is 9.91. The van der Waals surface area contributed by atoms with E-state index in [4.69, 9.17) is 11.6 Å². The Bertz CT molecular complexity index is 631. The van der Waals surface area contributed by atoms with Crippen LogP contribution in [-0.4, -0.2) is 35.9 Å². The van der Waals surface area contributed by atoms with E-state index < -0.39 is 21.5 Å². The van der Waals surface area contributed by atoms with Crippen molar-refractivity contribution in [3.05, 3.63) is 29.3 Å². The highest BCUT2D eigenvalue weighted by Gasteiger charge is 2.48. The lowest BCUT2D eigenvalue weighted by Gasteiger charge is -2.40. The van der Waals surface area contributed by atoms with Crippen molar-refractivity contribution in [2.45, 2.75) is 36.6 Å². The molecule has 1 saturated heterocycles. The van der Waals surface area contributed by atoms with Crippen LogP contribution in [-0.2, 0) is 14.8 Å². The Balaban J connectivity index is 2.53. The summed E-state index contributed by atoms with van der Waals surface area (Å²) in [7, 11) is -3.92. The van der Waals surface area contributed by atoms with Gasteiger partial charge in [-0.15, -0.1) is 0 Å². The Morgan fingerprint density at radius 3 is 2.60 bits per heavy atom. The Labute approximate surface area is 123 Å². The van der Waals surface area contributed by atoms with Crippen LogP contribution in [0.3, 0.4) is 0 Å². The third kappa shape index (κ3) is 2.43. The van der Waals surface area contributed by atoms with E-state index in [1.165, 1.54) is 19.1 Å². The highest BCUT2D eigenvalue weighted by molar-refractivity contribution is 7.89. The van der Waals surface area contributed by atoms with Gasteiger partial charge in [0.25, 0.3) is 0 Å². The molecule has 0 amide bonds. The minimum atomic E-state index is -3.92. The molecule has 0 radical (unpaired) electrons. The van der Waals surface area contributed by atoms with E-state index in [9.17, 15) is 18.3 Å². The van der Waals surface area contributed by atoms with Crippen molar-refractivity contribution < 1.29 is 18.3 Å². The fraction of sp³-hybridized carbons (Fsp3) is 0.462. The highest BCUT2D eigenvalue weighted by atomic mass is 35.5. The SMILES string of the molecule is CC1(C(=O)O)CCCCN1S(=O)(=O)c1ccccc1Cl. The third-order valence-corrected chi connectivity index (χ3v) is 6.21. The summed E-state index contributed by atoms with van der Waals surface area (Å²) in [6, 6.07) is 6.08. The van der Waals surface area contributed by atoms with Gasteiger partial charge in [0.05, 0.1) is 5.02 Å². The Hall–Kier alpha value is -1.11. The van der Waals surface area contributed by atoms with Crippen LogP contribution >= 0.6 is 11.6 Å². The number of carboxylic acids is 1. The first-order chi connectivity index (χ1) is 9.30. The molecular formula is C13H16ClNO4S. The van der Waals surface area contributed by atoms with Gasteiger partial charge >= 0.3 is 5.97 Å². The molecule has 7 heteroatoms. The zero-order chi connectivity index (χ0) is 15.0. The summed E-state index contributed by atoms with van der Waals surface area (Å²) in [5.41, 5.74) is -1.42. The van der Waals surface area contributed by atoms with E-state index in [1.54, 1.807) is 12.1 Å². The van der Waals surface area contributed by atoms with E-state index in [-0.39, 0.29) is 16.5 Å². The van der Waals surface area contributed by atoms with Crippen molar-refractivity contribution in [2.24, 2.45) is 0 Å². The first-order valence-corrected chi connectivity index (χ1v) is 8.13. The summed E-state index contributed by atoms with van der Waals surface area (Å²) in [5, 5.41) is 9.51. The van der Waals surface area contributed by atoms with Crippen molar-refractivity contribution in [2.75, 3.05) is 6.54 Å². The molecule has 110 valence electrons. The van der Waals surface area contributed by atoms with Crippen LogP contribution in [0.2, 0.25) is 5.02 Å². The van der Waals surface area contributed by atoms with E-state index >= 15 is 0 Å². The number of carboxylic acid groups (broad SMARTS) is 1. The predicted molar refractivity (Wildman–Crippen MR) is 75.2 cm³/mol. The summed E-state index contributed by atoms with van der Waals surface area (Å²) in [6.07, 6.45) is 1.63. The summed E-state index contributed by atoms with van der Waals surface area (Å²) in [6.45, 7) is 1.64. The van der Waals surface area contributed by atoms with Crippen LogP contribution in [0.25, 0.3) is 0 Å². The summed E-state index contributed by atoms with van der Waals surface area (Å²) < 4.78 is 26.5. The molecule has 0 aromatic heterocycles. The molecule has 20 heavy (non-hydrogen) atoms.